The highest BCUT2D eigenvalue weighted by Crippen LogP contribution is 2.27. The van der Waals surface area contributed by atoms with E-state index in [4.69, 9.17) is 0 Å². The fraction of sp³-hybridized carbons (Fsp3) is 0.222. The van der Waals surface area contributed by atoms with Crippen molar-refractivity contribution in [3.05, 3.63) is 68.1 Å². The lowest BCUT2D eigenvalue weighted by molar-refractivity contribution is -0.120. The van der Waals surface area contributed by atoms with Gasteiger partial charge in [-0.05, 0) is 30.2 Å². The number of aromatic nitrogens is 1. The van der Waals surface area contributed by atoms with Gasteiger partial charge in [0, 0.05) is 23.2 Å². The molecule has 7 heteroatoms. The van der Waals surface area contributed by atoms with Gasteiger partial charge in [0.1, 0.15) is 5.82 Å². The number of pyridine rings is 1. The first-order chi connectivity index (χ1) is 12.0. The summed E-state index contributed by atoms with van der Waals surface area (Å²) in [5, 5.41) is 12.0. The number of amides is 1. The number of aromatic amines is 1. The summed E-state index contributed by atoms with van der Waals surface area (Å²) in [7, 11) is 0. The molecule has 3 aromatic rings. The predicted molar refractivity (Wildman–Crippen MR) is 95.1 cm³/mol. The van der Waals surface area contributed by atoms with E-state index in [2.05, 4.69) is 10.3 Å². The minimum atomic E-state index is -0.330. The van der Waals surface area contributed by atoms with Crippen LogP contribution in [0.1, 0.15) is 21.6 Å². The van der Waals surface area contributed by atoms with Gasteiger partial charge in [-0.1, -0.05) is 12.1 Å². The number of H-pyrrole nitrogens is 1. The fourth-order valence-electron chi connectivity index (χ4n) is 2.59. The highest BCUT2D eigenvalue weighted by Gasteiger charge is 2.15. The molecule has 0 aliphatic carbocycles. The van der Waals surface area contributed by atoms with E-state index in [1.807, 2.05) is 6.92 Å². The van der Waals surface area contributed by atoms with Crippen LogP contribution in [-0.2, 0) is 24.4 Å². The molecule has 1 aromatic carbocycles. The minimum Gasteiger partial charge on any atom is -0.391 e. The zero-order valence-electron chi connectivity index (χ0n) is 13.6. The van der Waals surface area contributed by atoms with Gasteiger partial charge in [0.15, 0.2) is 0 Å². The summed E-state index contributed by atoms with van der Waals surface area (Å²) in [6.45, 7) is 1.99. The average Bonchev–Trinajstić information content (AvgIpc) is 2.94. The van der Waals surface area contributed by atoms with Crippen molar-refractivity contribution in [1.82, 2.24) is 10.3 Å². The molecule has 0 aliphatic rings. The number of aryl methyl sites for hydroxylation is 1. The Morgan fingerprint density at radius 1 is 1.32 bits per heavy atom. The molecule has 0 atom stereocenters. The van der Waals surface area contributed by atoms with Crippen molar-refractivity contribution in [2.75, 3.05) is 0 Å². The van der Waals surface area contributed by atoms with Crippen molar-refractivity contribution in [3.63, 3.8) is 0 Å². The second-order valence-electron chi connectivity index (χ2n) is 5.74. The van der Waals surface area contributed by atoms with Crippen LogP contribution in [0.4, 0.5) is 4.39 Å². The molecule has 0 aliphatic heterocycles. The lowest BCUT2D eigenvalue weighted by Gasteiger charge is -2.05. The Labute approximate surface area is 147 Å². The van der Waals surface area contributed by atoms with E-state index in [-0.39, 0.29) is 36.7 Å². The van der Waals surface area contributed by atoms with Gasteiger partial charge in [-0.2, -0.15) is 0 Å². The first-order valence-electron chi connectivity index (χ1n) is 7.74. The Bertz CT molecular complexity index is 976. The third kappa shape index (κ3) is 3.62. The smallest absolute Gasteiger partial charge is 0.224 e. The average molecular weight is 360 g/mol. The molecule has 0 fully saturated rings. The largest absolute Gasteiger partial charge is 0.391 e. The second-order valence-corrected chi connectivity index (χ2v) is 6.84. The van der Waals surface area contributed by atoms with Crippen LogP contribution < -0.4 is 10.7 Å². The van der Waals surface area contributed by atoms with E-state index in [0.717, 1.165) is 16.0 Å². The molecule has 0 bridgehead atoms. The Hall–Kier alpha value is -2.51. The number of benzene rings is 1. The van der Waals surface area contributed by atoms with Crippen molar-refractivity contribution in [1.29, 1.82) is 0 Å². The number of fused-ring (bicyclic) bond motifs is 1. The molecule has 130 valence electrons. The Kier molecular flexibility index (Phi) is 4.96. The summed E-state index contributed by atoms with van der Waals surface area (Å²) in [6.07, 6.45) is 1.50. The Morgan fingerprint density at radius 3 is 2.72 bits per heavy atom. The van der Waals surface area contributed by atoms with E-state index in [0.29, 0.717) is 15.8 Å². The first-order valence-corrected chi connectivity index (χ1v) is 8.55. The summed E-state index contributed by atoms with van der Waals surface area (Å²) < 4.78 is 13.4. The molecule has 0 saturated carbocycles. The summed E-state index contributed by atoms with van der Waals surface area (Å²) in [5.41, 5.74) is 2.51. The number of aliphatic hydroxyl groups is 1. The highest BCUT2D eigenvalue weighted by atomic mass is 32.1. The number of hydrogen-bond acceptors (Lipinski definition) is 4. The van der Waals surface area contributed by atoms with Gasteiger partial charge in [-0.3, -0.25) is 9.59 Å². The fourth-order valence-corrected chi connectivity index (χ4v) is 3.69. The maximum absolute atomic E-state index is 12.9. The van der Waals surface area contributed by atoms with E-state index >= 15 is 0 Å². The van der Waals surface area contributed by atoms with Crippen molar-refractivity contribution in [2.45, 2.75) is 26.5 Å². The molecule has 2 heterocycles. The molecule has 0 spiro atoms. The van der Waals surface area contributed by atoms with Gasteiger partial charge in [0.25, 0.3) is 0 Å². The maximum atomic E-state index is 12.9. The molecule has 1 amide bonds. The third-order valence-corrected chi connectivity index (χ3v) is 5.31. The number of thiophene rings is 1. The minimum absolute atomic E-state index is 0.0438. The molecule has 25 heavy (non-hydrogen) atoms. The summed E-state index contributed by atoms with van der Waals surface area (Å²) in [4.78, 5) is 28.4. The van der Waals surface area contributed by atoms with Gasteiger partial charge in [-0.25, -0.2) is 4.39 Å². The number of carbonyl (C=O) groups excluding carboxylic acids is 1. The van der Waals surface area contributed by atoms with E-state index < -0.39 is 0 Å². The van der Waals surface area contributed by atoms with E-state index in [1.165, 1.54) is 23.5 Å². The van der Waals surface area contributed by atoms with Gasteiger partial charge in [-0.15, -0.1) is 11.3 Å². The number of hydrogen-bond donors (Lipinski definition) is 3. The van der Waals surface area contributed by atoms with Crippen molar-refractivity contribution in [2.24, 2.45) is 0 Å². The summed E-state index contributed by atoms with van der Waals surface area (Å²) in [5.74, 6) is -0.617. The normalized spacial score (nSPS) is 11.0. The maximum Gasteiger partial charge on any atom is 0.224 e. The molecular formula is C18H17FN2O3S. The topological polar surface area (TPSA) is 82.2 Å². The summed E-state index contributed by atoms with van der Waals surface area (Å²) >= 11 is 1.24. The Balaban J connectivity index is 1.73. The van der Waals surface area contributed by atoms with Crippen LogP contribution in [0.25, 0.3) is 10.2 Å². The number of rotatable bonds is 5. The number of aliphatic hydroxyl groups excluding tert-OH is 1. The number of halogens is 1. The summed E-state index contributed by atoms with van der Waals surface area (Å²) in [6, 6.07) is 5.86. The molecular weight excluding hydrogens is 343 g/mol. The van der Waals surface area contributed by atoms with Crippen LogP contribution in [0, 0.1) is 12.7 Å². The van der Waals surface area contributed by atoms with E-state index in [1.54, 1.807) is 18.3 Å². The zero-order chi connectivity index (χ0) is 18.0. The van der Waals surface area contributed by atoms with Crippen molar-refractivity contribution < 1.29 is 14.3 Å². The molecule has 3 rings (SSSR count). The van der Waals surface area contributed by atoms with Crippen molar-refractivity contribution >= 4 is 27.5 Å². The monoisotopic (exact) mass is 360 g/mol. The first kappa shape index (κ1) is 17.3. The van der Waals surface area contributed by atoms with Crippen LogP contribution in [0.3, 0.4) is 0 Å². The van der Waals surface area contributed by atoms with Crippen LogP contribution in [0.15, 0.2) is 35.3 Å². The highest BCUT2D eigenvalue weighted by molar-refractivity contribution is 7.19. The van der Waals surface area contributed by atoms with Gasteiger partial charge >= 0.3 is 0 Å². The molecule has 5 nitrogen and oxygen atoms in total. The van der Waals surface area contributed by atoms with Crippen molar-refractivity contribution in [3.8, 4) is 0 Å². The quantitative estimate of drug-likeness (QED) is 0.653. The van der Waals surface area contributed by atoms with Gasteiger partial charge in [0.05, 0.1) is 23.2 Å². The Morgan fingerprint density at radius 2 is 2.04 bits per heavy atom. The van der Waals surface area contributed by atoms with Crippen LogP contribution in [-0.4, -0.2) is 16.0 Å². The third-order valence-electron chi connectivity index (χ3n) is 4.03. The standard InChI is InChI=1S/C18H17FN2O3S/c1-10-14(9-22)25-18-16(10)21-8-12(17(18)24)6-15(23)20-7-11-2-4-13(19)5-3-11/h2-5,8,22H,6-7,9H2,1H3,(H,20,23)(H,21,24). The lowest BCUT2D eigenvalue weighted by Crippen LogP contribution is -2.26. The van der Waals surface area contributed by atoms with Crippen LogP contribution in [0.2, 0.25) is 0 Å². The lowest BCUT2D eigenvalue weighted by atomic mass is 10.1. The second kappa shape index (κ2) is 7.16. The number of nitrogens with one attached hydrogen (secondary N) is 2. The molecule has 0 saturated heterocycles. The molecule has 3 N–H and O–H groups in total. The van der Waals surface area contributed by atoms with Crippen LogP contribution in [0.5, 0.6) is 0 Å². The van der Waals surface area contributed by atoms with Gasteiger partial charge in [0.2, 0.25) is 11.3 Å². The molecule has 2 aromatic heterocycles. The predicted octanol–water partition coefficient (Wildman–Crippen LogP) is 2.39. The van der Waals surface area contributed by atoms with Gasteiger partial charge < -0.3 is 15.4 Å². The van der Waals surface area contributed by atoms with E-state index in [9.17, 15) is 19.1 Å². The molecule has 0 unspecified atom stereocenters. The SMILES string of the molecule is Cc1c(CO)sc2c(=O)c(CC(=O)NCc3ccc(F)cc3)c[nH]c12. The number of carbonyl (C=O) groups is 1. The molecule has 0 radical (unpaired) electrons. The van der Waals surface area contributed by atoms with Crippen LogP contribution >= 0.6 is 11.3 Å². The zero-order valence-corrected chi connectivity index (χ0v) is 14.4.